The number of rotatable bonds is 8. The maximum absolute atomic E-state index is 5.88. The first kappa shape index (κ1) is 18.7. The third-order valence-corrected chi connectivity index (χ3v) is 3.89. The van der Waals surface area contributed by atoms with Crippen LogP contribution in [-0.2, 0) is 0 Å². The summed E-state index contributed by atoms with van der Waals surface area (Å²) in [6.45, 7) is 11.4. The van der Waals surface area contributed by atoms with Crippen LogP contribution in [0, 0.1) is 5.92 Å². The number of hydrogen-bond acceptors (Lipinski definition) is 2. The van der Waals surface area contributed by atoms with Crippen molar-refractivity contribution >= 4 is 37.9 Å². The first-order valence-electron chi connectivity index (χ1n) is 7.43. The average Bonchev–Trinajstić information content (AvgIpc) is 2.37. The third kappa shape index (κ3) is 6.98. The molecule has 118 valence electrons. The molecule has 0 amide bonds. The highest BCUT2D eigenvalue weighted by atomic mass is 79.9. The van der Waals surface area contributed by atoms with Gasteiger partial charge in [0.05, 0.1) is 11.1 Å². The fraction of sp³-hybridized carbons (Fsp3) is 0.529. The number of benzene rings is 1. The van der Waals surface area contributed by atoms with Crippen LogP contribution >= 0.6 is 31.9 Å². The van der Waals surface area contributed by atoms with E-state index in [1.54, 1.807) is 0 Å². The predicted molar refractivity (Wildman–Crippen MR) is 99.0 cm³/mol. The molecule has 1 rings (SSSR count). The smallest absolute Gasteiger partial charge is 0.140 e. The van der Waals surface area contributed by atoms with Gasteiger partial charge in [0.25, 0.3) is 0 Å². The molecule has 1 N–H and O–H groups in total. The van der Waals surface area contributed by atoms with Gasteiger partial charge in [-0.1, -0.05) is 48.4 Å². The van der Waals surface area contributed by atoms with Crippen LogP contribution < -0.4 is 10.1 Å². The Balaban J connectivity index is 2.88. The van der Waals surface area contributed by atoms with Crippen molar-refractivity contribution in [2.75, 3.05) is 19.7 Å². The molecule has 0 radical (unpaired) electrons. The second-order valence-corrected chi connectivity index (χ2v) is 7.44. The molecule has 0 bridgehead atoms. The molecule has 0 aliphatic carbocycles. The molecule has 0 spiro atoms. The van der Waals surface area contributed by atoms with Gasteiger partial charge in [0.15, 0.2) is 0 Å². The van der Waals surface area contributed by atoms with Crippen LogP contribution in [0.15, 0.2) is 26.7 Å². The zero-order valence-corrected chi connectivity index (χ0v) is 16.5. The molecule has 2 nitrogen and oxygen atoms in total. The highest BCUT2D eigenvalue weighted by molar-refractivity contribution is 9.11. The summed E-state index contributed by atoms with van der Waals surface area (Å²) in [6.07, 6.45) is 3.19. The van der Waals surface area contributed by atoms with Gasteiger partial charge in [-0.2, -0.15) is 0 Å². The molecule has 0 saturated heterocycles. The molecule has 0 aromatic heterocycles. The van der Waals surface area contributed by atoms with Gasteiger partial charge < -0.3 is 10.1 Å². The fourth-order valence-corrected chi connectivity index (χ4v) is 3.29. The zero-order valence-electron chi connectivity index (χ0n) is 13.3. The fourth-order valence-electron chi connectivity index (χ4n) is 1.92. The van der Waals surface area contributed by atoms with Crippen molar-refractivity contribution in [3.05, 3.63) is 32.2 Å². The minimum absolute atomic E-state index is 0.668. The van der Waals surface area contributed by atoms with Gasteiger partial charge in [-0.05, 0) is 53.9 Å². The number of hydrogen-bond donors (Lipinski definition) is 1. The summed E-state index contributed by atoms with van der Waals surface area (Å²) in [7, 11) is 0. The summed E-state index contributed by atoms with van der Waals surface area (Å²) in [6, 6.07) is 4.12. The van der Waals surface area contributed by atoms with Gasteiger partial charge in [-0.15, -0.1) is 0 Å². The number of nitrogens with one attached hydrogen (secondary N) is 1. The molecule has 0 aliphatic rings. The summed E-state index contributed by atoms with van der Waals surface area (Å²) in [5.41, 5.74) is 2.40. The number of ether oxygens (including phenoxy) is 1. The Hall–Kier alpha value is -0.320. The van der Waals surface area contributed by atoms with Crippen LogP contribution in [0.3, 0.4) is 0 Å². The van der Waals surface area contributed by atoms with Gasteiger partial charge in [0, 0.05) is 16.6 Å². The van der Waals surface area contributed by atoms with Crippen molar-refractivity contribution < 1.29 is 4.74 Å². The van der Waals surface area contributed by atoms with E-state index in [1.165, 1.54) is 5.57 Å². The summed E-state index contributed by atoms with van der Waals surface area (Å²) < 4.78 is 7.92. The molecule has 0 aliphatic heterocycles. The Morgan fingerprint density at radius 3 is 2.67 bits per heavy atom. The van der Waals surface area contributed by atoms with Crippen LogP contribution in [0.25, 0.3) is 6.08 Å². The Kier molecular flexibility index (Phi) is 8.60. The third-order valence-electron chi connectivity index (χ3n) is 2.85. The second kappa shape index (κ2) is 9.65. The van der Waals surface area contributed by atoms with Crippen molar-refractivity contribution in [3.8, 4) is 5.75 Å². The molecule has 0 heterocycles. The standard InChI is InChI=1S/C17H25Br2NO/c1-5-6-21-17-14(8-15(18)9-16(17)19)7-13(4)11-20-10-12(2)3/h7-9,12,20H,5-6,10-11H2,1-4H3. The van der Waals surface area contributed by atoms with E-state index in [9.17, 15) is 0 Å². The van der Waals surface area contributed by atoms with E-state index in [0.29, 0.717) is 5.92 Å². The second-order valence-electron chi connectivity index (χ2n) is 5.67. The van der Waals surface area contributed by atoms with Crippen LogP contribution in [0.5, 0.6) is 5.75 Å². The molecule has 21 heavy (non-hydrogen) atoms. The van der Waals surface area contributed by atoms with E-state index in [1.807, 2.05) is 6.07 Å². The van der Waals surface area contributed by atoms with E-state index in [0.717, 1.165) is 46.4 Å². The zero-order chi connectivity index (χ0) is 15.8. The lowest BCUT2D eigenvalue weighted by molar-refractivity contribution is 0.315. The SMILES string of the molecule is CCCOc1c(Br)cc(Br)cc1C=C(C)CNCC(C)C. The molecule has 0 saturated carbocycles. The van der Waals surface area contributed by atoms with Gasteiger partial charge in [-0.3, -0.25) is 0 Å². The van der Waals surface area contributed by atoms with Crippen LogP contribution in [0.2, 0.25) is 0 Å². The van der Waals surface area contributed by atoms with Gasteiger partial charge in [-0.25, -0.2) is 0 Å². The molecular formula is C17H25Br2NO. The van der Waals surface area contributed by atoms with E-state index < -0.39 is 0 Å². The van der Waals surface area contributed by atoms with Gasteiger partial charge in [0.1, 0.15) is 5.75 Å². The highest BCUT2D eigenvalue weighted by Gasteiger charge is 2.09. The molecule has 0 unspecified atom stereocenters. The van der Waals surface area contributed by atoms with Crippen molar-refractivity contribution in [3.63, 3.8) is 0 Å². The Morgan fingerprint density at radius 1 is 1.33 bits per heavy atom. The van der Waals surface area contributed by atoms with E-state index in [2.05, 4.69) is 77.0 Å². The lowest BCUT2D eigenvalue weighted by atomic mass is 10.1. The summed E-state index contributed by atoms with van der Waals surface area (Å²) in [5.74, 6) is 1.59. The van der Waals surface area contributed by atoms with Crippen molar-refractivity contribution in [1.29, 1.82) is 0 Å². The Bertz CT molecular complexity index is 484. The normalized spacial score (nSPS) is 12.0. The van der Waals surface area contributed by atoms with Crippen LogP contribution in [-0.4, -0.2) is 19.7 Å². The quantitative estimate of drug-likeness (QED) is 0.588. The largest absolute Gasteiger partial charge is 0.492 e. The minimum atomic E-state index is 0.668. The van der Waals surface area contributed by atoms with Gasteiger partial charge >= 0.3 is 0 Å². The molecule has 0 atom stereocenters. The Labute approximate surface area is 145 Å². The van der Waals surface area contributed by atoms with E-state index in [-0.39, 0.29) is 0 Å². The lowest BCUT2D eigenvalue weighted by Crippen LogP contribution is -2.21. The summed E-state index contributed by atoms with van der Waals surface area (Å²) >= 11 is 7.14. The maximum Gasteiger partial charge on any atom is 0.140 e. The summed E-state index contributed by atoms with van der Waals surface area (Å²) in [4.78, 5) is 0. The molecule has 1 aromatic rings. The van der Waals surface area contributed by atoms with E-state index >= 15 is 0 Å². The first-order valence-corrected chi connectivity index (χ1v) is 9.02. The van der Waals surface area contributed by atoms with Crippen molar-refractivity contribution in [2.45, 2.75) is 34.1 Å². The monoisotopic (exact) mass is 417 g/mol. The lowest BCUT2D eigenvalue weighted by Gasteiger charge is -2.13. The van der Waals surface area contributed by atoms with Crippen molar-refractivity contribution in [1.82, 2.24) is 5.32 Å². The first-order chi connectivity index (χ1) is 9.93. The van der Waals surface area contributed by atoms with Crippen LogP contribution in [0.1, 0.15) is 39.7 Å². The van der Waals surface area contributed by atoms with Crippen LogP contribution in [0.4, 0.5) is 0 Å². The topological polar surface area (TPSA) is 21.3 Å². The minimum Gasteiger partial charge on any atom is -0.492 e. The predicted octanol–water partition coefficient (Wildman–Crippen LogP) is 5.65. The molecule has 1 aromatic carbocycles. The Morgan fingerprint density at radius 2 is 2.05 bits per heavy atom. The molecule has 4 heteroatoms. The maximum atomic E-state index is 5.88. The van der Waals surface area contributed by atoms with Gasteiger partial charge in [0.2, 0.25) is 0 Å². The van der Waals surface area contributed by atoms with Crippen molar-refractivity contribution in [2.24, 2.45) is 5.92 Å². The average molecular weight is 419 g/mol. The molecule has 0 fully saturated rings. The highest BCUT2D eigenvalue weighted by Crippen LogP contribution is 2.34. The van der Waals surface area contributed by atoms with E-state index in [4.69, 9.17) is 4.74 Å². The number of halogens is 2. The summed E-state index contributed by atoms with van der Waals surface area (Å²) in [5, 5.41) is 3.46. The molecular weight excluding hydrogens is 394 g/mol.